The Balaban J connectivity index is 2.18. The van der Waals surface area contributed by atoms with Crippen molar-refractivity contribution in [3.05, 3.63) is 28.2 Å². The van der Waals surface area contributed by atoms with Gasteiger partial charge >= 0.3 is 0 Å². The van der Waals surface area contributed by atoms with Gasteiger partial charge in [0.15, 0.2) is 0 Å². The lowest BCUT2D eigenvalue weighted by atomic mass is 10.1. The maximum absolute atomic E-state index is 5.52. The zero-order valence-electron chi connectivity index (χ0n) is 10.9. The lowest BCUT2D eigenvalue weighted by Crippen LogP contribution is -2.27. The van der Waals surface area contributed by atoms with Crippen LogP contribution in [0.2, 0.25) is 0 Å². The van der Waals surface area contributed by atoms with Gasteiger partial charge in [0.05, 0.1) is 6.61 Å². The Kier molecular flexibility index (Phi) is 5.47. The van der Waals surface area contributed by atoms with Gasteiger partial charge in [-0.05, 0) is 36.7 Å². The minimum atomic E-state index is 0.830. The fourth-order valence-electron chi connectivity index (χ4n) is 2.25. The number of nitrogens with zero attached hydrogens (tertiary/aromatic N) is 1. The highest BCUT2D eigenvalue weighted by atomic mass is 79.9. The predicted octanol–water partition coefficient (Wildman–Crippen LogP) is 2.79. The summed E-state index contributed by atoms with van der Waals surface area (Å²) in [5.41, 5.74) is 2.69. The van der Waals surface area contributed by atoms with Crippen LogP contribution >= 0.6 is 15.9 Å². The highest BCUT2D eigenvalue weighted by Crippen LogP contribution is 2.25. The van der Waals surface area contributed by atoms with Crippen molar-refractivity contribution in [2.24, 2.45) is 0 Å². The Bertz CT molecular complexity index is 376. The summed E-state index contributed by atoms with van der Waals surface area (Å²) < 4.78 is 6.67. The summed E-state index contributed by atoms with van der Waals surface area (Å²) in [6, 6.07) is 6.54. The van der Waals surface area contributed by atoms with E-state index in [1.807, 2.05) is 0 Å². The van der Waals surface area contributed by atoms with E-state index in [2.05, 4.69) is 51.3 Å². The van der Waals surface area contributed by atoms with E-state index in [0.29, 0.717) is 0 Å². The van der Waals surface area contributed by atoms with Crippen LogP contribution in [0.1, 0.15) is 18.9 Å². The maximum Gasteiger partial charge on any atom is 0.0641 e. The Morgan fingerprint density at radius 1 is 1.33 bits per heavy atom. The first-order valence-corrected chi connectivity index (χ1v) is 7.42. The second-order valence-corrected chi connectivity index (χ2v) is 5.42. The molecule has 2 rings (SSSR count). The summed E-state index contributed by atoms with van der Waals surface area (Å²) in [7, 11) is 0. The third-order valence-electron chi connectivity index (χ3n) is 3.17. The molecule has 0 aromatic heterocycles. The Morgan fingerprint density at radius 2 is 2.22 bits per heavy atom. The highest BCUT2D eigenvalue weighted by molar-refractivity contribution is 9.10. The number of ether oxygens (including phenoxy) is 1. The van der Waals surface area contributed by atoms with Crippen LogP contribution in [0.5, 0.6) is 0 Å². The number of halogens is 1. The first-order chi connectivity index (χ1) is 8.81. The van der Waals surface area contributed by atoms with Gasteiger partial charge in [0.1, 0.15) is 0 Å². The standard InChI is InChI=1S/C14H21BrN2O/c1-2-16-11-12-10-13(15)4-5-14(12)17-6-3-8-18-9-7-17/h4-5,10,16H,2-3,6-9,11H2,1H3. The summed E-state index contributed by atoms with van der Waals surface area (Å²) in [6.45, 7) is 7.84. The van der Waals surface area contributed by atoms with Crippen LogP contribution in [0, 0.1) is 0 Å². The molecule has 0 atom stereocenters. The Hall–Kier alpha value is -0.580. The summed E-state index contributed by atoms with van der Waals surface area (Å²) in [6.07, 6.45) is 1.11. The molecule has 0 saturated carbocycles. The van der Waals surface area contributed by atoms with Gasteiger partial charge in [-0.1, -0.05) is 22.9 Å². The molecule has 0 unspecified atom stereocenters. The normalized spacial score (nSPS) is 16.7. The smallest absolute Gasteiger partial charge is 0.0641 e. The molecule has 1 aromatic carbocycles. The number of rotatable bonds is 4. The number of hydrogen-bond donors (Lipinski definition) is 1. The van der Waals surface area contributed by atoms with E-state index in [1.165, 1.54) is 11.3 Å². The van der Waals surface area contributed by atoms with E-state index in [1.54, 1.807) is 0 Å². The molecule has 100 valence electrons. The number of benzene rings is 1. The predicted molar refractivity (Wildman–Crippen MR) is 79.2 cm³/mol. The number of hydrogen-bond acceptors (Lipinski definition) is 3. The molecule has 3 nitrogen and oxygen atoms in total. The fraction of sp³-hybridized carbons (Fsp3) is 0.571. The monoisotopic (exact) mass is 312 g/mol. The van der Waals surface area contributed by atoms with Gasteiger partial charge in [0, 0.05) is 36.4 Å². The molecule has 0 radical (unpaired) electrons. The number of anilines is 1. The van der Waals surface area contributed by atoms with Gasteiger partial charge in [-0.3, -0.25) is 0 Å². The van der Waals surface area contributed by atoms with E-state index in [0.717, 1.165) is 50.3 Å². The lowest BCUT2D eigenvalue weighted by molar-refractivity contribution is 0.152. The SMILES string of the molecule is CCNCc1cc(Br)ccc1N1CCCOCC1. The van der Waals surface area contributed by atoms with Gasteiger partial charge in [0.2, 0.25) is 0 Å². The zero-order valence-corrected chi connectivity index (χ0v) is 12.5. The summed E-state index contributed by atoms with van der Waals surface area (Å²) >= 11 is 3.56. The van der Waals surface area contributed by atoms with Crippen LogP contribution in [-0.4, -0.2) is 32.8 Å². The first kappa shape index (κ1) is 13.8. The largest absolute Gasteiger partial charge is 0.380 e. The van der Waals surface area contributed by atoms with Crippen molar-refractivity contribution in [3.8, 4) is 0 Å². The molecule has 18 heavy (non-hydrogen) atoms. The van der Waals surface area contributed by atoms with Crippen LogP contribution < -0.4 is 10.2 Å². The Morgan fingerprint density at radius 3 is 3.06 bits per heavy atom. The minimum absolute atomic E-state index is 0.830. The molecule has 1 N–H and O–H groups in total. The van der Waals surface area contributed by atoms with E-state index in [-0.39, 0.29) is 0 Å². The van der Waals surface area contributed by atoms with Gasteiger partial charge in [0.25, 0.3) is 0 Å². The average molecular weight is 313 g/mol. The zero-order chi connectivity index (χ0) is 12.8. The summed E-state index contributed by atoms with van der Waals surface area (Å²) in [5, 5.41) is 3.41. The van der Waals surface area contributed by atoms with Crippen LogP contribution in [-0.2, 0) is 11.3 Å². The molecule has 0 amide bonds. The second-order valence-electron chi connectivity index (χ2n) is 4.51. The molecular weight excluding hydrogens is 292 g/mol. The van der Waals surface area contributed by atoms with Crippen LogP contribution in [0.4, 0.5) is 5.69 Å². The van der Waals surface area contributed by atoms with Crippen molar-refractivity contribution in [3.63, 3.8) is 0 Å². The minimum Gasteiger partial charge on any atom is -0.380 e. The van der Waals surface area contributed by atoms with E-state index >= 15 is 0 Å². The van der Waals surface area contributed by atoms with Gasteiger partial charge in [-0.15, -0.1) is 0 Å². The molecule has 1 saturated heterocycles. The molecule has 1 aliphatic rings. The van der Waals surface area contributed by atoms with Crippen LogP contribution in [0.25, 0.3) is 0 Å². The maximum atomic E-state index is 5.52. The van der Waals surface area contributed by atoms with Gasteiger partial charge in [-0.2, -0.15) is 0 Å². The van der Waals surface area contributed by atoms with Crippen LogP contribution in [0.3, 0.4) is 0 Å². The second kappa shape index (κ2) is 7.12. The molecular formula is C14H21BrN2O. The van der Waals surface area contributed by atoms with Crippen molar-refractivity contribution in [1.82, 2.24) is 5.32 Å². The van der Waals surface area contributed by atoms with E-state index < -0.39 is 0 Å². The average Bonchev–Trinajstić information content (AvgIpc) is 2.65. The molecule has 0 bridgehead atoms. The highest BCUT2D eigenvalue weighted by Gasteiger charge is 2.13. The molecule has 0 aliphatic carbocycles. The third-order valence-corrected chi connectivity index (χ3v) is 3.66. The molecule has 1 heterocycles. The summed E-state index contributed by atoms with van der Waals surface area (Å²) in [4.78, 5) is 2.44. The van der Waals surface area contributed by atoms with Gasteiger partial charge in [-0.25, -0.2) is 0 Å². The van der Waals surface area contributed by atoms with Crippen molar-refractivity contribution >= 4 is 21.6 Å². The van der Waals surface area contributed by atoms with Crippen molar-refractivity contribution < 1.29 is 4.74 Å². The van der Waals surface area contributed by atoms with Crippen LogP contribution in [0.15, 0.2) is 22.7 Å². The lowest BCUT2D eigenvalue weighted by Gasteiger charge is -2.25. The summed E-state index contributed by atoms with van der Waals surface area (Å²) in [5.74, 6) is 0. The third kappa shape index (κ3) is 3.70. The Labute approximate surface area is 118 Å². The van der Waals surface area contributed by atoms with E-state index in [9.17, 15) is 0 Å². The molecule has 1 aromatic rings. The van der Waals surface area contributed by atoms with E-state index in [4.69, 9.17) is 4.74 Å². The molecule has 4 heteroatoms. The van der Waals surface area contributed by atoms with Crippen molar-refractivity contribution in [2.75, 3.05) is 37.7 Å². The van der Waals surface area contributed by atoms with Gasteiger partial charge < -0.3 is 15.0 Å². The fourth-order valence-corrected chi connectivity index (χ4v) is 2.66. The molecule has 0 spiro atoms. The first-order valence-electron chi connectivity index (χ1n) is 6.63. The van der Waals surface area contributed by atoms with Crippen molar-refractivity contribution in [2.45, 2.75) is 19.9 Å². The quantitative estimate of drug-likeness (QED) is 0.925. The molecule has 1 aliphatic heterocycles. The van der Waals surface area contributed by atoms with Crippen molar-refractivity contribution in [1.29, 1.82) is 0 Å². The topological polar surface area (TPSA) is 24.5 Å². The number of nitrogens with one attached hydrogen (secondary N) is 1. The molecule has 1 fully saturated rings.